The van der Waals surface area contributed by atoms with Crippen LogP contribution in [0.2, 0.25) is 0 Å². The Balaban J connectivity index is 2.72. The normalized spacial score (nSPS) is 11.0. The highest BCUT2D eigenvalue weighted by Crippen LogP contribution is 2.18. The number of rotatable bonds is 4. The van der Waals surface area contributed by atoms with Gasteiger partial charge >= 0.3 is 0 Å². The number of fused-ring (bicyclic) bond motifs is 1. The van der Waals surface area contributed by atoms with Crippen LogP contribution in [0, 0.1) is 0 Å². The number of amides is 1. The van der Waals surface area contributed by atoms with E-state index in [0.29, 0.717) is 17.6 Å². The summed E-state index contributed by atoms with van der Waals surface area (Å²) in [5, 5.41) is 2.90. The molecule has 2 rings (SSSR count). The maximum absolute atomic E-state index is 12.5. The Bertz CT molecular complexity index is 734. The summed E-state index contributed by atoms with van der Waals surface area (Å²) in [7, 11) is 5.45. The summed E-state index contributed by atoms with van der Waals surface area (Å²) < 4.78 is 1.90. The number of nitrogens with one attached hydrogen (secondary N) is 1. The van der Waals surface area contributed by atoms with E-state index in [4.69, 9.17) is 5.73 Å². The molecule has 21 heavy (non-hydrogen) atoms. The maximum Gasteiger partial charge on any atom is 0.256 e. The molecule has 0 saturated carbocycles. The van der Waals surface area contributed by atoms with Gasteiger partial charge in [-0.15, -0.1) is 0 Å². The third kappa shape index (κ3) is 2.90. The van der Waals surface area contributed by atoms with E-state index < -0.39 is 5.91 Å². The zero-order chi connectivity index (χ0) is 15.6. The van der Waals surface area contributed by atoms with Crippen LogP contribution in [0.4, 0.5) is 5.69 Å². The van der Waals surface area contributed by atoms with Crippen molar-refractivity contribution in [2.24, 2.45) is 0 Å². The molecule has 1 aromatic heterocycles. The number of benzene rings is 1. The Morgan fingerprint density at radius 1 is 1.38 bits per heavy atom. The van der Waals surface area contributed by atoms with Crippen molar-refractivity contribution in [1.82, 2.24) is 14.8 Å². The lowest BCUT2D eigenvalue weighted by Crippen LogP contribution is -2.28. The molecule has 0 saturated heterocycles. The maximum atomic E-state index is 12.5. The van der Waals surface area contributed by atoms with Gasteiger partial charge in [-0.25, -0.2) is 0 Å². The molecule has 1 aromatic carbocycles. The van der Waals surface area contributed by atoms with E-state index in [9.17, 15) is 9.59 Å². The number of aromatic nitrogens is 1. The van der Waals surface area contributed by atoms with E-state index in [-0.39, 0.29) is 11.0 Å². The van der Waals surface area contributed by atoms with Gasteiger partial charge in [0, 0.05) is 32.0 Å². The number of nitrogen functional groups attached to an aromatic ring is 1. The summed E-state index contributed by atoms with van der Waals surface area (Å²) in [6.45, 7) is 1.46. The quantitative estimate of drug-likeness (QED) is 0.803. The predicted molar refractivity (Wildman–Crippen MR) is 84.6 cm³/mol. The first-order valence-electron chi connectivity index (χ1n) is 6.74. The molecule has 0 fully saturated rings. The van der Waals surface area contributed by atoms with Crippen molar-refractivity contribution in [1.29, 1.82) is 0 Å². The van der Waals surface area contributed by atoms with Crippen LogP contribution in [0.25, 0.3) is 10.9 Å². The van der Waals surface area contributed by atoms with Crippen molar-refractivity contribution in [3.05, 3.63) is 40.2 Å². The highest BCUT2D eigenvalue weighted by Gasteiger charge is 2.15. The minimum atomic E-state index is -0.399. The van der Waals surface area contributed by atoms with Gasteiger partial charge in [0.2, 0.25) is 5.43 Å². The van der Waals surface area contributed by atoms with Gasteiger partial charge in [0.15, 0.2) is 0 Å². The standard InChI is InChI=1S/C15H20N4O2/c1-17-15(21)10-9-19(8-7-18(2)3)12-6-4-5-11(16)13(12)14(10)20/h4-6,9H,7-8,16H2,1-3H3,(H,17,21). The number of anilines is 1. The van der Waals surface area contributed by atoms with Crippen molar-refractivity contribution < 1.29 is 4.79 Å². The summed E-state index contributed by atoms with van der Waals surface area (Å²) in [5.41, 5.74) is 6.86. The lowest BCUT2D eigenvalue weighted by atomic mass is 10.1. The van der Waals surface area contributed by atoms with E-state index >= 15 is 0 Å². The molecule has 0 aliphatic heterocycles. The summed E-state index contributed by atoms with van der Waals surface area (Å²) in [6.07, 6.45) is 1.60. The molecular weight excluding hydrogens is 268 g/mol. The van der Waals surface area contributed by atoms with Crippen LogP contribution in [0.3, 0.4) is 0 Å². The van der Waals surface area contributed by atoms with Crippen LogP contribution in [-0.2, 0) is 6.54 Å². The summed E-state index contributed by atoms with van der Waals surface area (Å²) in [4.78, 5) is 26.4. The van der Waals surface area contributed by atoms with Crippen molar-refractivity contribution in [2.45, 2.75) is 6.54 Å². The number of pyridine rings is 1. The van der Waals surface area contributed by atoms with E-state index in [2.05, 4.69) is 5.32 Å². The van der Waals surface area contributed by atoms with Gasteiger partial charge in [-0.3, -0.25) is 9.59 Å². The average molecular weight is 288 g/mol. The molecular formula is C15H20N4O2. The highest BCUT2D eigenvalue weighted by molar-refractivity contribution is 5.99. The number of nitrogens with two attached hydrogens (primary N) is 1. The van der Waals surface area contributed by atoms with Crippen LogP contribution >= 0.6 is 0 Å². The number of carbonyl (C=O) groups excluding carboxylic acids is 1. The monoisotopic (exact) mass is 288 g/mol. The minimum Gasteiger partial charge on any atom is -0.398 e. The Morgan fingerprint density at radius 2 is 2.10 bits per heavy atom. The number of carbonyl (C=O) groups is 1. The van der Waals surface area contributed by atoms with E-state index in [1.807, 2.05) is 35.7 Å². The van der Waals surface area contributed by atoms with Crippen molar-refractivity contribution in [2.75, 3.05) is 33.4 Å². The molecule has 0 aliphatic carbocycles. The largest absolute Gasteiger partial charge is 0.398 e. The van der Waals surface area contributed by atoms with Gasteiger partial charge < -0.3 is 20.5 Å². The van der Waals surface area contributed by atoms with Crippen molar-refractivity contribution in [3.63, 3.8) is 0 Å². The molecule has 0 bridgehead atoms. The van der Waals surface area contributed by atoms with E-state index in [1.54, 1.807) is 12.3 Å². The fourth-order valence-electron chi connectivity index (χ4n) is 2.25. The molecule has 0 spiro atoms. The second-order valence-corrected chi connectivity index (χ2v) is 5.19. The average Bonchev–Trinajstić information content (AvgIpc) is 2.45. The summed E-state index contributed by atoms with van der Waals surface area (Å²) in [5.74, 6) is -0.399. The third-order valence-corrected chi connectivity index (χ3v) is 3.40. The molecule has 1 amide bonds. The lowest BCUT2D eigenvalue weighted by molar-refractivity contribution is 0.0961. The molecule has 0 atom stereocenters. The first kappa shape index (κ1) is 15.1. The van der Waals surface area contributed by atoms with Gasteiger partial charge in [-0.2, -0.15) is 0 Å². The SMILES string of the molecule is CNC(=O)c1cn(CCN(C)C)c2cccc(N)c2c1=O. The molecule has 3 N–H and O–H groups in total. The van der Waals surface area contributed by atoms with E-state index in [0.717, 1.165) is 12.1 Å². The fraction of sp³-hybridized carbons (Fsp3) is 0.333. The molecule has 6 nitrogen and oxygen atoms in total. The Morgan fingerprint density at radius 3 is 2.71 bits per heavy atom. The topological polar surface area (TPSA) is 80.4 Å². The first-order valence-corrected chi connectivity index (χ1v) is 6.74. The van der Waals surface area contributed by atoms with Crippen LogP contribution in [0.1, 0.15) is 10.4 Å². The predicted octanol–water partition coefficient (Wildman–Crippen LogP) is 0.505. The second kappa shape index (κ2) is 5.97. The number of likely N-dealkylation sites (N-methyl/N-ethyl adjacent to an activating group) is 1. The fourth-order valence-corrected chi connectivity index (χ4v) is 2.25. The number of nitrogens with zero attached hydrogens (tertiary/aromatic N) is 2. The summed E-state index contributed by atoms with van der Waals surface area (Å²) in [6, 6.07) is 5.33. The van der Waals surface area contributed by atoms with Gasteiger partial charge in [-0.1, -0.05) is 6.07 Å². The minimum absolute atomic E-state index is 0.113. The first-order chi connectivity index (χ1) is 9.95. The van der Waals surface area contributed by atoms with Gasteiger partial charge in [0.1, 0.15) is 5.56 Å². The van der Waals surface area contributed by atoms with E-state index in [1.165, 1.54) is 7.05 Å². The van der Waals surface area contributed by atoms with Crippen LogP contribution in [0.15, 0.2) is 29.2 Å². The molecule has 112 valence electrons. The van der Waals surface area contributed by atoms with Crippen LogP contribution in [-0.4, -0.2) is 43.1 Å². The highest BCUT2D eigenvalue weighted by atomic mass is 16.2. The van der Waals surface area contributed by atoms with Gasteiger partial charge in [-0.05, 0) is 26.2 Å². The Labute approximate surface area is 123 Å². The molecule has 6 heteroatoms. The lowest BCUT2D eigenvalue weighted by Gasteiger charge is -2.16. The molecule has 2 aromatic rings. The number of hydrogen-bond donors (Lipinski definition) is 2. The number of hydrogen-bond acceptors (Lipinski definition) is 4. The second-order valence-electron chi connectivity index (χ2n) is 5.19. The van der Waals surface area contributed by atoms with Crippen LogP contribution < -0.4 is 16.5 Å². The Hall–Kier alpha value is -2.34. The third-order valence-electron chi connectivity index (χ3n) is 3.40. The molecule has 1 heterocycles. The summed E-state index contributed by atoms with van der Waals surface area (Å²) >= 11 is 0. The molecule has 0 radical (unpaired) electrons. The Kier molecular flexibility index (Phi) is 4.28. The van der Waals surface area contributed by atoms with Crippen molar-refractivity contribution in [3.8, 4) is 0 Å². The van der Waals surface area contributed by atoms with Gasteiger partial charge in [0.05, 0.1) is 10.9 Å². The smallest absolute Gasteiger partial charge is 0.256 e. The zero-order valence-corrected chi connectivity index (χ0v) is 12.5. The molecule has 0 aliphatic rings. The van der Waals surface area contributed by atoms with Crippen LogP contribution in [0.5, 0.6) is 0 Å². The zero-order valence-electron chi connectivity index (χ0n) is 12.5. The van der Waals surface area contributed by atoms with Crippen molar-refractivity contribution >= 4 is 22.5 Å². The van der Waals surface area contributed by atoms with Gasteiger partial charge in [0.25, 0.3) is 5.91 Å². The molecule has 0 unspecified atom stereocenters.